The van der Waals surface area contributed by atoms with Crippen LogP contribution in [0.4, 0.5) is 39.5 Å². The van der Waals surface area contributed by atoms with E-state index in [-0.39, 0.29) is 7.05 Å². The van der Waals surface area contributed by atoms with Gasteiger partial charge in [-0.05, 0) is 6.42 Å². The predicted molar refractivity (Wildman–Crippen MR) is 68.4 cm³/mol. The molecule has 0 spiro atoms. The molecule has 0 amide bonds. The lowest BCUT2D eigenvalue weighted by Crippen LogP contribution is -2.65. The van der Waals surface area contributed by atoms with Gasteiger partial charge in [-0.3, -0.25) is 0 Å². The third-order valence-electron chi connectivity index (χ3n) is 3.32. The van der Waals surface area contributed by atoms with Crippen LogP contribution in [0.25, 0.3) is 0 Å². The average Bonchev–Trinajstić information content (AvgIpc) is 2.45. The molecular weight excluding hydrogens is 413 g/mol. The van der Waals surface area contributed by atoms with Gasteiger partial charge in [0.2, 0.25) is 0 Å². The molecule has 0 fully saturated rings. The molecule has 0 aromatic heterocycles. The molecule has 0 aromatic carbocycles. The number of hydrogen-bond donors (Lipinski definition) is 1. The van der Waals surface area contributed by atoms with Crippen molar-refractivity contribution in [1.82, 2.24) is 4.31 Å². The molecule has 1 atom stereocenters. The number of alkyl halides is 9. The standard InChI is InChI=1S/C11H12F9NO4S/c1-4-6(5(2)7(22)23)21(3)26(24,25)11(19,20)9(14,15)8(12,13)10(16,17)18/h6H,2,4H2,1,3H3,(H,22,23). The Bertz CT molecular complexity index is 672. The average molecular weight is 425 g/mol. The fourth-order valence-electron chi connectivity index (χ4n) is 1.74. The minimum Gasteiger partial charge on any atom is -0.478 e. The number of sulfonamides is 1. The Morgan fingerprint density at radius 1 is 1.04 bits per heavy atom. The minimum atomic E-state index is -7.40. The van der Waals surface area contributed by atoms with Crippen molar-refractivity contribution in [3.05, 3.63) is 12.2 Å². The Hall–Kier alpha value is -1.51. The fourth-order valence-corrected chi connectivity index (χ4v) is 3.16. The van der Waals surface area contributed by atoms with E-state index in [2.05, 4.69) is 6.58 Å². The highest BCUT2D eigenvalue weighted by atomic mass is 32.2. The van der Waals surface area contributed by atoms with E-state index in [4.69, 9.17) is 5.11 Å². The minimum absolute atomic E-state index is 0.118. The number of carboxylic acids is 1. The van der Waals surface area contributed by atoms with Crippen LogP contribution in [0.5, 0.6) is 0 Å². The highest BCUT2D eigenvalue weighted by Gasteiger charge is 2.85. The maximum Gasteiger partial charge on any atom is 0.460 e. The van der Waals surface area contributed by atoms with E-state index < -0.39 is 61.6 Å². The second kappa shape index (κ2) is 6.90. The molecule has 0 aliphatic carbocycles. The van der Waals surface area contributed by atoms with Gasteiger partial charge in [0.1, 0.15) is 0 Å². The molecule has 0 aliphatic rings. The molecule has 0 saturated carbocycles. The fraction of sp³-hybridized carbons (Fsp3) is 0.727. The first-order valence-electron chi connectivity index (χ1n) is 6.31. The summed E-state index contributed by atoms with van der Waals surface area (Å²) in [5, 5.41) is 1.74. The van der Waals surface area contributed by atoms with Crippen LogP contribution in [0.1, 0.15) is 13.3 Å². The first-order valence-corrected chi connectivity index (χ1v) is 7.75. The van der Waals surface area contributed by atoms with Crippen molar-refractivity contribution < 1.29 is 57.8 Å². The summed E-state index contributed by atoms with van der Waals surface area (Å²) in [7, 11) is -6.77. The highest BCUT2D eigenvalue weighted by Crippen LogP contribution is 2.55. The Morgan fingerprint density at radius 2 is 1.42 bits per heavy atom. The van der Waals surface area contributed by atoms with Crippen LogP contribution in [0.15, 0.2) is 12.2 Å². The second-order valence-corrected chi connectivity index (χ2v) is 6.98. The first-order chi connectivity index (χ1) is 11.2. The largest absolute Gasteiger partial charge is 0.478 e. The van der Waals surface area contributed by atoms with E-state index in [1.807, 2.05) is 0 Å². The van der Waals surface area contributed by atoms with E-state index in [9.17, 15) is 52.7 Å². The number of nitrogens with zero attached hydrogens (tertiary/aromatic N) is 1. The third kappa shape index (κ3) is 3.50. The zero-order valence-corrected chi connectivity index (χ0v) is 13.7. The van der Waals surface area contributed by atoms with Crippen LogP contribution in [0.2, 0.25) is 0 Å². The summed E-state index contributed by atoms with van der Waals surface area (Å²) in [4.78, 5) is 10.7. The Kier molecular flexibility index (Phi) is 6.50. The number of hydrogen-bond acceptors (Lipinski definition) is 3. The maximum absolute atomic E-state index is 13.7. The topological polar surface area (TPSA) is 74.7 Å². The van der Waals surface area contributed by atoms with Gasteiger partial charge in [-0.1, -0.05) is 13.5 Å². The Balaban J connectivity index is 6.34. The Morgan fingerprint density at radius 3 is 1.69 bits per heavy atom. The molecule has 0 radical (unpaired) electrons. The van der Waals surface area contributed by atoms with Crippen molar-refractivity contribution in [2.75, 3.05) is 7.05 Å². The van der Waals surface area contributed by atoms with Crippen molar-refractivity contribution >= 4 is 16.0 Å². The van der Waals surface area contributed by atoms with E-state index in [0.717, 1.165) is 6.92 Å². The van der Waals surface area contributed by atoms with Crippen molar-refractivity contribution in [1.29, 1.82) is 0 Å². The van der Waals surface area contributed by atoms with Crippen LogP contribution in [-0.2, 0) is 14.8 Å². The van der Waals surface area contributed by atoms with Gasteiger partial charge in [-0.15, -0.1) is 0 Å². The molecule has 0 saturated heterocycles. The number of rotatable bonds is 8. The van der Waals surface area contributed by atoms with Gasteiger partial charge < -0.3 is 5.11 Å². The number of carbonyl (C=O) groups is 1. The molecule has 0 bridgehead atoms. The van der Waals surface area contributed by atoms with Gasteiger partial charge in [0, 0.05) is 12.6 Å². The lowest BCUT2D eigenvalue weighted by atomic mass is 10.1. The molecule has 15 heteroatoms. The molecule has 1 unspecified atom stereocenters. The van der Waals surface area contributed by atoms with Crippen molar-refractivity contribution in [3.63, 3.8) is 0 Å². The van der Waals surface area contributed by atoms with Crippen molar-refractivity contribution in [2.45, 2.75) is 42.7 Å². The summed E-state index contributed by atoms with van der Waals surface area (Å²) in [5.41, 5.74) is -1.10. The summed E-state index contributed by atoms with van der Waals surface area (Å²) in [6, 6.07) is -2.11. The number of carboxylic acid groups (broad SMARTS) is 1. The Labute approximate surface area is 141 Å². The van der Waals surface area contributed by atoms with E-state index in [1.165, 1.54) is 0 Å². The van der Waals surface area contributed by atoms with Gasteiger partial charge in [-0.25, -0.2) is 13.2 Å². The van der Waals surface area contributed by atoms with Gasteiger partial charge >= 0.3 is 29.2 Å². The molecule has 0 aromatic rings. The zero-order valence-electron chi connectivity index (χ0n) is 12.9. The summed E-state index contributed by atoms with van der Waals surface area (Å²) >= 11 is 0. The molecule has 154 valence electrons. The third-order valence-corrected chi connectivity index (χ3v) is 5.24. The molecular formula is C11H12F9NO4S. The predicted octanol–water partition coefficient (Wildman–Crippen LogP) is 3.09. The molecule has 26 heavy (non-hydrogen) atoms. The quantitative estimate of drug-likeness (QED) is 0.479. The van der Waals surface area contributed by atoms with Crippen molar-refractivity contribution in [2.24, 2.45) is 0 Å². The highest BCUT2D eigenvalue weighted by molar-refractivity contribution is 7.90. The van der Waals surface area contributed by atoms with Crippen LogP contribution >= 0.6 is 0 Å². The number of halogens is 9. The summed E-state index contributed by atoms with van der Waals surface area (Å²) in [5.74, 6) is -16.7. The van der Waals surface area contributed by atoms with Gasteiger partial charge in [0.25, 0.3) is 10.0 Å². The second-order valence-electron chi connectivity index (χ2n) is 4.94. The maximum atomic E-state index is 13.7. The first kappa shape index (κ1) is 24.5. The normalized spacial score (nSPS) is 15.8. The van der Waals surface area contributed by atoms with Gasteiger partial charge in [-0.2, -0.15) is 43.8 Å². The van der Waals surface area contributed by atoms with Crippen LogP contribution < -0.4 is 0 Å². The van der Waals surface area contributed by atoms with E-state index in [0.29, 0.717) is 0 Å². The summed E-state index contributed by atoms with van der Waals surface area (Å²) in [6.07, 6.45) is -7.83. The van der Waals surface area contributed by atoms with Crippen molar-refractivity contribution in [3.8, 4) is 0 Å². The SMILES string of the molecule is C=C(C(=O)O)C(CC)N(C)S(=O)(=O)C(F)(F)C(F)(F)C(F)(F)C(F)(F)F. The van der Waals surface area contributed by atoms with E-state index in [1.54, 1.807) is 0 Å². The summed E-state index contributed by atoms with van der Waals surface area (Å²) in [6.45, 7) is 3.83. The lowest BCUT2D eigenvalue weighted by Gasteiger charge is -2.36. The monoisotopic (exact) mass is 425 g/mol. The van der Waals surface area contributed by atoms with Crippen LogP contribution in [0.3, 0.4) is 0 Å². The van der Waals surface area contributed by atoms with Gasteiger partial charge in [0.05, 0.1) is 6.04 Å². The van der Waals surface area contributed by atoms with E-state index >= 15 is 0 Å². The van der Waals surface area contributed by atoms with Crippen LogP contribution in [-0.4, -0.2) is 60.2 Å². The molecule has 1 N–H and O–H groups in total. The number of aliphatic carboxylic acids is 1. The summed E-state index contributed by atoms with van der Waals surface area (Å²) < 4.78 is 138. The zero-order chi connectivity index (χ0) is 21.5. The molecule has 0 heterocycles. The van der Waals surface area contributed by atoms with Crippen LogP contribution in [0, 0.1) is 0 Å². The molecule has 0 rings (SSSR count). The molecule has 0 aliphatic heterocycles. The smallest absolute Gasteiger partial charge is 0.460 e. The lowest BCUT2D eigenvalue weighted by molar-refractivity contribution is -0.382. The number of likely N-dealkylation sites (N-methyl/N-ethyl adjacent to an activating group) is 1. The van der Waals surface area contributed by atoms with Gasteiger partial charge in [0.15, 0.2) is 0 Å². The molecule has 5 nitrogen and oxygen atoms in total.